The Kier molecular flexibility index (Phi) is 3.06. The van der Waals surface area contributed by atoms with Gasteiger partial charge in [-0.2, -0.15) is 0 Å². The number of amides is 1. The third kappa shape index (κ3) is 2.39. The quantitative estimate of drug-likeness (QED) is 0.677. The normalized spacial score (nSPS) is 26.2. The number of hydrogen-bond donors (Lipinski definition) is 3. The second-order valence-electron chi connectivity index (χ2n) is 4.11. The predicted molar refractivity (Wildman–Crippen MR) is 58.5 cm³/mol. The average molecular weight is 207 g/mol. The van der Waals surface area contributed by atoms with Crippen LogP contribution in [0.1, 0.15) is 36.2 Å². The lowest BCUT2D eigenvalue weighted by Gasteiger charge is -2.29. The van der Waals surface area contributed by atoms with Gasteiger partial charge < -0.3 is 16.0 Å². The predicted octanol–water partition coefficient (Wildman–Crippen LogP) is 1.01. The Balaban J connectivity index is 1.93. The van der Waals surface area contributed by atoms with Gasteiger partial charge in [-0.25, -0.2) is 0 Å². The zero-order chi connectivity index (χ0) is 10.7. The molecule has 1 aromatic heterocycles. The Hall–Kier alpha value is -1.29. The minimum Gasteiger partial charge on any atom is -0.357 e. The lowest BCUT2D eigenvalue weighted by molar-refractivity contribution is 0.0917. The summed E-state index contributed by atoms with van der Waals surface area (Å²) in [5, 5.41) is 2.98. The molecular formula is C11H17N3O. The number of nitrogens with two attached hydrogens (primary N) is 1. The van der Waals surface area contributed by atoms with Crippen LogP contribution in [0.25, 0.3) is 0 Å². The second-order valence-corrected chi connectivity index (χ2v) is 4.11. The lowest BCUT2D eigenvalue weighted by atomic mass is 9.91. The van der Waals surface area contributed by atoms with E-state index in [-0.39, 0.29) is 18.0 Å². The summed E-state index contributed by atoms with van der Waals surface area (Å²) in [7, 11) is 0. The maximum absolute atomic E-state index is 11.7. The van der Waals surface area contributed by atoms with E-state index in [9.17, 15) is 4.79 Å². The molecule has 1 fully saturated rings. The molecule has 0 spiro atoms. The summed E-state index contributed by atoms with van der Waals surface area (Å²) in [5.74, 6) is -0.0534. The van der Waals surface area contributed by atoms with E-state index in [4.69, 9.17) is 5.73 Å². The summed E-state index contributed by atoms with van der Waals surface area (Å²) in [6, 6.07) is 3.83. The van der Waals surface area contributed by atoms with Crippen molar-refractivity contribution in [3.8, 4) is 0 Å². The van der Waals surface area contributed by atoms with Crippen LogP contribution in [0.5, 0.6) is 0 Å². The Labute approximate surface area is 89.2 Å². The van der Waals surface area contributed by atoms with Crippen LogP contribution in [0, 0.1) is 0 Å². The van der Waals surface area contributed by atoms with Crippen LogP contribution in [0.3, 0.4) is 0 Å². The molecule has 1 aliphatic carbocycles. The van der Waals surface area contributed by atoms with Crippen LogP contribution in [0.15, 0.2) is 18.3 Å². The van der Waals surface area contributed by atoms with Crippen molar-refractivity contribution in [3.63, 3.8) is 0 Å². The minimum atomic E-state index is -0.0534. The molecule has 4 N–H and O–H groups in total. The van der Waals surface area contributed by atoms with Crippen molar-refractivity contribution in [1.82, 2.24) is 10.3 Å². The Morgan fingerprint density at radius 2 is 2.27 bits per heavy atom. The van der Waals surface area contributed by atoms with Crippen molar-refractivity contribution >= 4 is 5.91 Å². The van der Waals surface area contributed by atoms with Crippen LogP contribution >= 0.6 is 0 Å². The molecule has 0 bridgehead atoms. The van der Waals surface area contributed by atoms with Crippen molar-refractivity contribution < 1.29 is 4.79 Å². The molecule has 0 saturated heterocycles. The standard InChI is InChI=1S/C11H17N3O/c12-8-4-1-2-5-9(8)14-11(15)10-6-3-7-13-10/h3,6-9,13H,1-2,4-5,12H2,(H,14,15). The Morgan fingerprint density at radius 3 is 2.93 bits per heavy atom. The van der Waals surface area contributed by atoms with Crippen LogP contribution in [0.4, 0.5) is 0 Å². The molecule has 1 aliphatic rings. The van der Waals surface area contributed by atoms with E-state index >= 15 is 0 Å². The van der Waals surface area contributed by atoms with E-state index < -0.39 is 0 Å². The maximum atomic E-state index is 11.7. The molecular weight excluding hydrogens is 190 g/mol. The number of nitrogens with one attached hydrogen (secondary N) is 2. The van der Waals surface area contributed by atoms with Gasteiger partial charge in [0.1, 0.15) is 5.69 Å². The van der Waals surface area contributed by atoms with Crippen LogP contribution in [0.2, 0.25) is 0 Å². The third-order valence-corrected chi connectivity index (χ3v) is 2.98. The molecule has 1 amide bonds. The van der Waals surface area contributed by atoms with Gasteiger partial charge in [-0.3, -0.25) is 4.79 Å². The van der Waals surface area contributed by atoms with Gasteiger partial charge in [-0.05, 0) is 25.0 Å². The molecule has 15 heavy (non-hydrogen) atoms. The Morgan fingerprint density at radius 1 is 1.47 bits per heavy atom. The van der Waals surface area contributed by atoms with Gasteiger partial charge >= 0.3 is 0 Å². The second kappa shape index (κ2) is 4.49. The van der Waals surface area contributed by atoms with Gasteiger partial charge in [0.2, 0.25) is 0 Å². The number of hydrogen-bond acceptors (Lipinski definition) is 2. The first-order chi connectivity index (χ1) is 7.27. The van der Waals surface area contributed by atoms with Gasteiger partial charge in [0.05, 0.1) is 0 Å². The molecule has 2 unspecified atom stereocenters. The van der Waals surface area contributed by atoms with E-state index in [0.717, 1.165) is 19.3 Å². The van der Waals surface area contributed by atoms with Crippen molar-refractivity contribution in [1.29, 1.82) is 0 Å². The summed E-state index contributed by atoms with van der Waals surface area (Å²) in [4.78, 5) is 14.6. The minimum absolute atomic E-state index is 0.0534. The summed E-state index contributed by atoms with van der Waals surface area (Å²) in [5.41, 5.74) is 6.56. The number of carbonyl (C=O) groups excluding carboxylic acids is 1. The summed E-state index contributed by atoms with van der Waals surface area (Å²) < 4.78 is 0. The highest BCUT2D eigenvalue weighted by Gasteiger charge is 2.23. The number of rotatable bonds is 2. The van der Waals surface area contributed by atoms with E-state index in [1.165, 1.54) is 6.42 Å². The number of aromatic nitrogens is 1. The first-order valence-corrected chi connectivity index (χ1v) is 5.47. The monoisotopic (exact) mass is 207 g/mol. The largest absolute Gasteiger partial charge is 0.357 e. The highest BCUT2D eigenvalue weighted by atomic mass is 16.1. The molecule has 4 heteroatoms. The van der Waals surface area contributed by atoms with Crippen molar-refractivity contribution in [2.75, 3.05) is 0 Å². The van der Waals surface area contributed by atoms with Gasteiger partial charge in [0.25, 0.3) is 5.91 Å². The summed E-state index contributed by atoms with van der Waals surface area (Å²) in [6.45, 7) is 0. The fourth-order valence-electron chi connectivity index (χ4n) is 2.06. The molecule has 2 rings (SSSR count). The average Bonchev–Trinajstić information content (AvgIpc) is 2.74. The molecule has 82 valence electrons. The lowest BCUT2D eigenvalue weighted by Crippen LogP contribution is -2.49. The molecule has 0 aromatic carbocycles. The first-order valence-electron chi connectivity index (χ1n) is 5.47. The topological polar surface area (TPSA) is 70.9 Å². The number of H-pyrrole nitrogens is 1. The van der Waals surface area contributed by atoms with Crippen molar-refractivity contribution in [2.45, 2.75) is 37.8 Å². The Bertz CT molecular complexity index is 321. The van der Waals surface area contributed by atoms with E-state index in [1.807, 2.05) is 6.07 Å². The molecule has 0 aliphatic heterocycles. The molecule has 1 heterocycles. The maximum Gasteiger partial charge on any atom is 0.267 e. The molecule has 1 saturated carbocycles. The van der Waals surface area contributed by atoms with Gasteiger partial charge in [-0.1, -0.05) is 12.8 Å². The zero-order valence-corrected chi connectivity index (χ0v) is 8.70. The number of aromatic amines is 1. The van der Waals surface area contributed by atoms with E-state index in [2.05, 4.69) is 10.3 Å². The molecule has 1 aromatic rings. The summed E-state index contributed by atoms with van der Waals surface area (Å²) in [6.07, 6.45) is 6.08. The van der Waals surface area contributed by atoms with Crippen molar-refractivity contribution in [2.24, 2.45) is 5.73 Å². The third-order valence-electron chi connectivity index (χ3n) is 2.98. The van der Waals surface area contributed by atoms with Crippen LogP contribution < -0.4 is 11.1 Å². The number of carbonyl (C=O) groups is 1. The summed E-state index contributed by atoms with van der Waals surface area (Å²) >= 11 is 0. The highest BCUT2D eigenvalue weighted by molar-refractivity contribution is 5.92. The highest BCUT2D eigenvalue weighted by Crippen LogP contribution is 2.17. The van der Waals surface area contributed by atoms with Crippen molar-refractivity contribution in [3.05, 3.63) is 24.0 Å². The van der Waals surface area contributed by atoms with E-state index in [0.29, 0.717) is 5.69 Å². The van der Waals surface area contributed by atoms with Crippen LogP contribution in [-0.2, 0) is 0 Å². The molecule has 4 nitrogen and oxygen atoms in total. The van der Waals surface area contributed by atoms with Gasteiger partial charge in [0.15, 0.2) is 0 Å². The molecule has 2 atom stereocenters. The van der Waals surface area contributed by atoms with Gasteiger partial charge in [0, 0.05) is 18.3 Å². The zero-order valence-electron chi connectivity index (χ0n) is 8.70. The fourth-order valence-corrected chi connectivity index (χ4v) is 2.06. The SMILES string of the molecule is NC1CCCCC1NC(=O)c1ccc[nH]1. The van der Waals surface area contributed by atoms with E-state index in [1.54, 1.807) is 12.3 Å². The van der Waals surface area contributed by atoms with Gasteiger partial charge in [-0.15, -0.1) is 0 Å². The molecule has 0 radical (unpaired) electrons. The smallest absolute Gasteiger partial charge is 0.267 e. The van der Waals surface area contributed by atoms with Crippen LogP contribution in [-0.4, -0.2) is 23.0 Å². The first kappa shape index (κ1) is 10.2. The fraction of sp³-hybridized carbons (Fsp3) is 0.545.